The molecule has 0 aliphatic carbocycles. The number of fused-ring (bicyclic) bond motifs is 1. The Hall–Kier alpha value is -2.57. The number of unbranched alkanes of at least 4 members (excludes halogenated alkanes) is 1. The molecule has 2 fully saturated rings. The summed E-state index contributed by atoms with van der Waals surface area (Å²) < 4.78 is 8.32. The van der Waals surface area contributed by atoms with E-state index in [1.807, 2.05) is 24.3 Å². The molecule has 1 aromatic heterocycles. The highest BCUT2D eigenvalue weighted by atomic mass is 35.5. The Morgan fingerprint density at radius 2 is 1.77 bits per heavy atom. The van der Waals surface area contributed by atoms with Crippen molar-refractivity contribution < 1.29 is 9.53 Å². The van der Waals surface area contributed by atoms with Crippen LogP contribution in [0.4, 0.5) is 0 Å². The predicted molar refractivity (Wildman–Crippen MR) is 158 cm³/mol. The van der Waals surface area contributed by atoms with E-state index in [4.69, 9.17) is 21.3 Å². The van der Waals surface area contributed by atoms with Gasteiger partial charge in [-0.25, -0.2) is 4.98 Å². The van der Waals surface area contributed by atoms with E-state index in [1.54, 1.807) is 0 Å². The number of carbonyl (C=O) groups excluding carboxylic acids is 1. The molecule has 0 saturated carbocycles. The fourth-order valence-corrected chi connectivity index (χ4v) is 6.33. The Labute approximate surface area is 238 Å². The number of piperidine rings is 2. The molecule has 1 amide bonds. The van der Waals surface area contributed by atoms with Gasteiger partial charge in [0.25, 0.3) is 0 Å². The number of amides is 1. The molecule has 0 radical (unpaired) electrons. The van der Waals surface area contributed by atoms with Crippen LogP contribution in [0.2, 0.25) is 5.02 Å². The van der Waals surface area contributed by atoms with Crippen molar-refractivity contribution in [2.45, 2.75) is 90.3 Å². The number of aryl methyl sites for hydroxylation is 2. The van der Waals surface area contributed by atoms with E-state index in [0.29, 0.717) is 30.0 Å². The van der Waals surface area contributed by atoms with Gasteiger partial charge in [-0.05, 0) is 107 Å². The van der Waals surface area contributed by atoms with Gasteiger partial charge in [-0.15, -0.1) is 0 Å². The largest absolute Gasteiger partial charge is 0.486 e. The van der Waals surface area contributed by atoms with Crippen molar-refractivity contribution in [1.82, 2.24) is 19.4 Å². The Kier molecular flexibility index (Phi) is 9.81. The van der Waals surface area contributed by atoms with Gasteiger partial charge in [0.15, 0.2) is 0 Å². The number of rotatable bonds is 11. The van der Waals surface area contributed by atoms with Gasteiger partial charge in [-0.3, -0.25) is 4.79 Å². The molecule has 0 bridgehead atoms. The van der Waals surface area contributed by atoms with Gasteiger partial charge in [0.1, 0.15) is 18.2 Å². The Bertz CT molecular complexity index is 1220. The van der Waals surface area contributed by atoms with Crippen LogP contribution in [0.5, 0.6) is 5.75 Å². The Morgan fingerprint density at radius 1 is 0.974 bits per heavy atom. The van der Waals surface area contributed by atoms with E-state index < -0.39 is 0 Å². The van der Waals surface area contributed by atoms with E-state index in [0.717, 1.165) is 79.9 Å². The summed E-state index contributed by atoms with van der Waals surface area (Å²) in [4.78, 5) is 23.0. The molecule has 7 heteroatoms. The lowest BCUT2D eigenvalue weighted by molar-refractivity contribution is -0.135. The number of hydrogen-bond acceptors (Lipinski definition) is 4. The zero-order valence-electron chi connectivity index (χ0n) is 23.4. The number of benzene rings is 2. The average Bonchev–Trinajstić information content (AvgIpc) is 3.33. The first-order valence-electron chi connectivity index (χ1n) is 14.9. The molecular weight excluding hydrogens is 508 g/mol. The number of para-hydroxylation sites is 1. The SMILES string of the molecule is Cc1cccc2c1nc(COc1ccc(Cl)cc1)n2CCCCC(=O)N1CCCCC1CCN1CCCCC1. The van der Waals surface area contributed by atoms with Crippen molar-refractivity contribution in [1.29, 1.82) is 0 Å². The van der Waals surface area contributed by atoms with Crippen LogP contribution in [0.1, 0.15) is 75.6 Å². The molecule has 2 aliphatic heterocycles. The van der Waals surface area contributed by atoms with E-state index >= 15 is 0 Å². The molecule has 210 valence electrons. The van der Waals surface area contributed by atoms with E-state index in [2.05, 4.69) is 39.5 Å². The summed E-state index contributed by atoms with van der Waals surface area (Å²) in [7, 11) is 0. The number of hydrogen-bond donors (Lipinski definition) is 0. The molecule has 5 rings (SSSR count). The molecule has 2 saturated heterocycles. The number of halogens is 1. The fourth-order valence-electron chi connectivity index (χ4n) is 6.21. The summed E-state index contributed by atoms with van der Waals surface area (Å²) in [5.74, 6) is 2.03. The van der Waals surface area contributed by atoms with E-state index in [9.17, 15) is 4.79 Å². The predicted octanol–water partition coefficient (Wildman–Crippen LogP) is 7.00. The number of likely N-dealkylation sites (tertiary alicyclic amines) is 2. The number of carbonyl (C=O) groups is 1. The number of aromatic nitrogens is 2. The zero-order chi connectivity index (χ0) is 27.0. The van der Waals surface area contributed by atoms with Crippen LogP contribution in [-0.4, -0.2) is 57.5 Å². The van der Waals surface area contributed by atoms with Crippen molar-refractivity contribution in [2.75, 3.05) is 26.2 Å². The second-order valence-electron chi connectivity index (χ2n) is 11.2. The quantitative estimate of drug-likeness (QED) is 0.241. The summed E-state index contributed by atoms with van der Waals surface area (Å²) in [5.41, 5.74) is 3.31. The zero-order valence-corrected chi connectivity index (χ0v) is 24.2. The monoisotopic (exact) mass is 550 g/mol. The minimum Gasteiger partial charge on any atom is -0.486 e. The molecule has 39 heavy (non-hydrogen) atoms. The van der Waals surface area contributed by atoms with Gasteiger partial charge in [0.05, 0.1) is 11.0 Å². The minimum atomic E-state index is 0.343. The average molecular weight is 551 g/mol. The second kappa shape index (κ2) is 13.7. The molecule has 3 heterocycles. The van der Waals surface area contributed by atoms with Crippen molar-refractivity contribution in [3.8, 4) is 5.75 Å². The first-order chi connectivity index (χ1) is 19.1. The van der Waals surface area contributed by atoms with Crippen LogP contribution in [0.25, 0.3) is 11.0 Å². The van der Waals surface area contributed by atoms with Crippen LogP contribution in [0, 0.1) is 6.92 Å². The van der Waals surface area contributed by atoms with Gasteiger partial charge < -0.3 is 19.1 Å². The second-order valence-corrected chi connectivity index (χ2v) is 11.7. The van der Waals surface area contributed by atoms with E-state index in [1.165, 1.54) is 38.8 Å². The van der Waals surface area contributed by atoms with Crippen LogP contribution < -0.4 is 4.74 Å². The van der Waals surface area contributed by atoms with Crippen LogP contribution in [0.3, 0.4) is 0 Å². The van der Waals surface area contributed by atoms with Crippen molar-refractivity contribution in [3.63, 3.8) is 0 Å². The fraction of sp³-hybridized carbons (Fsp3) is 0.562. The van der Waals surface area contributed by atoms with E-state index in [-0.39, 0.29) is 0 Å². The van der Waals surface area contributed by atoms with Crippen LogP contribution in [-0.2, 0) is 17.9 Å². The first-order valence-corrected chi connectivity index (χ1v) is 15.3. The normalized spacial score (nSPS) is 18.5. The summed E-state index contributed by atoms with van der Waals surface area (Å²) in [6.07, 6.45) is 11.2. The maximum atomic E-state index is 13.3. The third kappa shape index (κ3) is 7.34. The number of nitrogens with zero attached hydrogens (tertiary/aromatic N) is 4. The number of ether oxygens (including phenoxy) is 1. The van der Waals surface area contributed by atoms with Crippen molar-refractivity contribution in [2.24, 2.45) is 0 Å². The van der Waals surface area contributed by atoms with Crippen LogP contribution >= 0.6 is 11.6 Å². The highest BCUT2D eigenvalue weighted by Crippen LogP contribution is 2.25. The molecule has 1 atom stereocenters. The smallest absolute Gasteiger partial charge is 0.222 e. The van der Waals surface area contributed by atoms with Crippen molar-refractivity contribution >= 4 is 28.5 Å². The Morgan fingerprint density at radius 3 is 2.59 bits per heavy atom. The summed E-state index contributed by atoms with van der Waals surface area (Å²) >= 11 is 6.02. The maximum Gasteiger partial charge on any atom is 0.222 e. The van der Waals surface area contributed by atoms with Gasteiger partial charge in [0.2, 0.25) is 5.91 Å². The molecule has 2 aliphatic rings. The van der Waals surface area contributed by atoms with Crippen molar-refractivity contribution in [3.05, 3.63) is 58.9 Å². The molecule has 0 spiro atoms. The molecule has 6 nitrogen and oxygen atoms in total. The maximum absolute atomic E-state index is 13.3. The highest BCUT2D eigenvalue weighted by Gasteiger charge is 2.27. The molecule has 2 aromatic carbocycles. The third-order valence-electron chi connectivity index (χ3n) is 8.44. The molecule has 0 N–H and O–H groups in total. The van der Waals surface area contributed by atoms with Gasteiger partial charge in [-0.2, -0.15) is 0 Å². The van der Waals surface area contributed by atoms with Gasteiger partial charge in [0, 0.05) is 37.1 Å². The topological polar surface area (TPSA) is 50.6 Å². The lowest BCUT2D eigenvalue weighted by Crippen LogP contribution is -2.45. The Balaban J connectivity index is 1.16. The summed E-state index contributed by atoms with van der Waals surface area (Å²) in [5, 5.41) is 0.692. The molecular formula is C32H43ClN4O2. The van der Waals surface area contributed by atoms with Gasteiger partial charge in [-0.1, -0.05) is 30.2 Å². The molecule has 3 aromatic rings. The summed E-state index contributed by atoms with van der Waals surface area (Å²) in [6.45, 7) is 7.85. The highest BCUT2D eigenvalue weighted by molar-refractivity contribution is 6.30. The van der Waals surface area contributed by atoms with Crippen LogP contribution in [0.15, 0.2) is 42.5 Å². The summed E-state index contributed by atoms with van der Waals surface area (Å²) in [6, 6.07) is 14.2. The standard InChI is InChI=1S/C32H43ClN4O2/c1-25-10-9-12-29-32(25)34-30(24-39-28-16-14-26(33)15-17-28)37(29)22-8-4-13-31(38)36-21-7-3-11-27(36)18-23-35-19-5-2-6-20-35/h9-10,12,14-17,27H,2-8,11,13,18-24H2,1H3. The molecule has 1 unspecified atom stereocenters. The number of imidazole rings is 1. The first kappa shape index (κ1) is 28.0. The lowest BCUT2D eigenvalue weighted by atomic mass is 9.97. The lowest BCUT2D eigenvalue weighted by Gasteiger charge is -2.37. The minimum absolute atomic E-state index is 0.343. The van der Waals surface area contributed by atoms with Gasteiger partial charge >= 0.3 is 0 Å². The third-order valence-corrected chi connectivity index (χ3v) is 8.69.